The molecule has 0 aromatic rings. The molecule has 0 amide bonds. The van der Waals surface area contributed by atoms with Crippen LogP contribution in [0.3, 0.4) is 0 Å². The summed E-state index contributed by atoms with van der Waals surface area (Å²) < 4.78 is 9.77. The fourth-order valence-electron chi connectivity index (χ4n) is 3.79. The first kappa shape index (κ1) is 14.1. The maximum absolute atomic E-state index is 12.2. The summed E-state index contributed by atoms with van der Waals surface area (Å²) in [6.45, 7) is 4.35. The molecule has 0 aromatic carbocycles. The topological polar surface area (TPSA) is 52.6 Å². The highest BCUT2D eigenvalue weighted by molar-refractivity contribution is 6.00. The van der Waals surface area contributed by atoms with Gasteiger partial charge < -0.3 is 9.47 Å². The lowest BCUT2D eigenvalue weighted by atomic mass is 9.66. The van der Waals surface area contributed by atoms with Crippen molar-refractivity contribution in [1.29, 1.82) is 0 Å². The zero-order valence-electron chi connectivity index (χ0n) is 12.1. The molecule has 2 aliphatic rings. The van der Waals surface area contributed by atoms with Crippen LogP contribution in [0.1, 0.15) is 33.1 Å². The molecule has 0 aliphatic heterocycles. The molecule has 0 bridgehead atoms. The highest BCUT2D eigenvalue weighted by Gasteiger charge is 2.62. The van der Waals surface area contributed by atoms with Crippen molar-refractivity contribution in [1.82, 2.24) is 0 Å². The van der Waals surface area contributed by atoms with E-state index in [4.69, 9.17) is 9.47 Å². The van der Waals surface area contributed by atoms with Gasteiger partial charge in [0.1, 0.15) is 0 Å². The van der Waals surface area contributed by atoms with Crippen LogP contribution in [0.2, 0.25) is 0 Å². The van der Waals surface area contributed by atoms with Crippen LogP contribution in [0.15, 0.2) is 12.2 Å². The summed E-state index contributed by atoms with van der Waals surface area (Å²) in [7, 11) is 2.66. The van der Waals surface area contributed by atoms with Crippen LogP contribution in [0, 0.1) is 22.7 Å². The van der Waals surface area contributed by atoms with Gasteiger partial charge in [0, 0.05) is 0 Å². The van der Waals surface area contributed by atoms with Crippen LogP contribution in [0.25, 0.3) is 0 Å². The van der Waals surface area contributed by atoms with Gasteiger partial charge in [0.05, 0.1) is 14.2 Å². The Morgan fingerprint density at radius 1 is 1.21 bits per heavy atom. The van der Waals surface area contributed by atoms with Crippen molar-refractivity contribution in [3.05, 3.63) is 12.2 Å². The van der Waals surface area contributed by atoms with Gasteiger partial charge in [0.15, 0.2) is 5.41 Å². The highest BCUT2D eigenvalue weighted by Crippen LogP contribution is 2.60. The second-order valence-corrected chi connectivity index (χ2v) is 6.12. The van der Waals surface area contributed by atoms with Crippen LogP contribution in [-0.4, -0.2) is 26.2 Å². The van der Waals surface area contributed by atoms with Crippen LogP contribution >= 0.6 is 0 Å². The quantitative estimate of drug-likeness (QED) is 0.437. The summed E-state index contributed by atoms with van der Waals surface area (Å²) in [6.07, 6.45) is 6.29. The first-order valence-electron chi connectivity index (χ1n) is 6.74. The molecule has 3 atom stereocenters. The summed E-state index contributed by atoms with van der Waals surface area (Å²) in [5, 5.41) is 0. The minimum atomic E-state index is -1.13. The van der Waals surface area contributed by atoms with E-state index in [2.05, 4.69) is 26.0 Å². The van der Waals surface area contributed by atoms with Crippen molar-refractivity contribution in [2.45, 2.75) is 33.1 Å². The average Bonchev–Trinajstić information content (AvgIpc) is 2.73. The van der Waals surface area contributed by atoms with Crippen LogP contribution in [0.5, 0.6) is 0 Å². The molecule has 19 heavy (non-hydrogen) atoms. The lowest BCUT2D eigenvalue weighted by Gasteiger charge is -2.39. The molecule has 0 saturated heterocycles. The van der Waals surface area contributed by atoms with Gasteiger partial charge in [-0.05, 0) is 36.5 Å². The zero-order chi connectivity index (χ0) is 14.3. The van der Waals surface area contributed by atoms with Gasteiger partial charge in [-0.1, -0.05) is 26.0 Å². The fraction of sp³-hybridized carbons (Fsp3) is 0.733. The van der Waals surface area contributed by atoms with Crippen molar-refractivity contribution in [3.63, 3.8) is 0 Å². The lowest BCUT2D eigenvalue weighted by Crippen LogP contribution is -2.40. The number of methoxy groups -OCH3 is 2. The molecule has 0 aromatic heterocycles. The first-order valence-corrected chi connectivity index (χ1v) is 6.74. The smallest absolute Gasteiger partial charge is 0.323 e. The number of esters is 2. The average molecular weight is 266 g/mol. The molecule has 4 nitrogen and oxygen atoms in total. The summed E-state index contributed by atoms with van der Waals surface area (Å²) in [4.78, 5) is 24.4. The van der Waals surface area contributed by atoms with E-state index in [1.807, 2.05) is 0 Å². The molecule has 106 valence electrons. The number of allylic oxidation sites excluding steroid dienone is 2. The van der Waals surface area contributed by atoms with Gasteiger partial charge in [0.25, 0.3) is 0 Å². The van der Waals surface area contributed by atoms with E-state index in [1.165, 1.54) is 14.2 Å². The van der Waals surface area contributed by atoms with E-state index in [-0.39, 0.29) is 11.3 Å². The second kappa shape index (κ2) is 4.66. The van der Waals surface area contributed by atoms with E-state index in [0.29, 0.717) is 18.8 Å². The lowest BCUT2D eigenvalue weighted by molar-refractivity contribution is -0.169. The van der Waals surface area contributed by atoms with Crippen LogP contribution in [0.4, 0.5) is 0 Å². The Labute approximate surface area is 114 Å². The Balaban J connectivity index is 2.42. The molecule has 1 saturated carbocycles. The van der Waals surface area contributed by atoms with Crippen molar-refractivity contribution in [2.24, 2.45) is 22.7 Å². The first-order chi connectivity index (χ1) is 8.90. The van der Waals surface area contributed by atoms with E-state index >= 15 is 0 Å². The molecular weight excluding hydrogens is 244 g/mol. The molecule has 0 unspecified atom stereocenters. The molecule has 0 spiro atoms. The SMILES string of the molecule is COC(=O)C1(C(=O)OC)C[C@H]2C=CC[C@H](C)[C@@]2(C)C1. The van der Waals surface area contributed by atoms with Crippen LogP contribution in [-0.2, 0) is 19.1 Å². The molecule has 4 heteroatoms. The molecule has 2 rings (SSSR count). The number of hydrogen-bond acceptors (Lipinski definition) is 4. The number of fused-ring (bicyclic) bond motifs is 1. The molecule has 0 heterocycles. The van der Waals surface area contributed by atoms with Gasteiger partial charge >= 0.3 is 11.9 Å². The summed E-state index contributed by atoms with van der Waals surface area (Å²) in [5.74, 6) is -0.251. The summed E-state index contributed by atoms with van der Waals surface area (Å²) in [6, 6.07) is 0. The largest absolute Gasteiger partial charge is 0.468 e. The fourth-order valence-corrected chi connectivity index (χ4v) is 3.79. The normalized spacial score (nSPS) is 35.6. The maximum atomic E-state index is 12.2. The van der Waals surface area contributed by atoms with Gasteiger partial charge in [-0.3, -0.25) is 9.59 Å². The zero-order valence-corrected chi connectivity index (χ0v) is 12.1. The Hall–Kier alpha value is -1.32. The van der Waals surface area contributed by atoms with Gasteiger partial charge in [0.2, 0.25) is 0 Å². The van der Waals surface area contributed by atoms with Crippen LogP contribution < -0.4 is 0 Å². The molecule has 0 N–H and O–H groups in total. The Morgan fingerprint density at radius 3 is 2.26 bits per heavy atom. The third-order valence-corrected chi connectivity index (χ3v) is 5.23. The third kappa shape index (κ3) is 1.88. The number of carbonyl (C=O) groups is 2. The number of hydrogen-bond donors (Lipinski definition) is 0. The van der Waals surface area contributed by atoms with Crippen molar-refractivity contribution in [3.8, 4) is 0 Å². The molecular formula is C15H22O4. The Morgan fingerprint density at radius 2 is 1.79 bits per heavy atom. The molecule has 2 aliphatic carbocycles. The molecule has 0 radical (unpaired) electrons. The number of carbonyl (C=O) groups excluding carboxylic acids is 2. The third-order valence-electron chi connectivity index (χ3n) is 5.23. The van der Waals surface area contributed by atoms with E-state index < -0.39 is 17.4 Å². The summed E-state index contributed by atoms with van der Waals surface area (Å²) in [5.41, 5.74) is -1.18. The Kier molecular flexibility index (Phi) is 3.45. The maximum Gasteiger partial charge on any atom is 0.323 e. The minimum absolute atomic E-state index is 0.0445. The van der Waals surface area contributed by atoms with Gasteiger partial charge in [-0.2, -0.15) is 0 Å². The van der Waals surface area contributed by atoms with E-state index in [9.17, 15) is 9.59 Å². The van der Waals surface area contributed by atoms with Crippen molar-refractivity contribution in [2.75, 3.05) is 14.2 Å². The van der Waals surface area contributed by atoms with E-state index in [0.717, 1.165) is 6.42 Å². The number of ether oxygens (including phenoxy) is 2. The molecule has 1 fully saturated rings. The van der Waals surface area contributed by atoms with Gasteiger partial charge in [-0.15, -0.1) is 0 Å². The second-order valence-electron chi connectivity index (χ2n) is 6.12. The van der Waals surface area contributed by atoms with Crippen molar-refractivity contribution < 1.29 is 19.1 Å². The Bertz CT molecular complexity index is 410. The predicted octanol–water partition coefficient (Wildman–Crippen LogP) is 2.33. The predicted molar refractivity (Wildman–Crippen MR) is 70.2 cm³/mol. The monoisotopic (exact) mass is 266 g/mol. The summed E-state index contributed by atoms with van der Waals surface area (Å²) >= 11 is 0. The number of rotatable bonds is 2. The van der Waals surface area contributed by atoms with E-state index in [1.54, 1.807) is 0 Å². The van der Waals surface area contributed by atoms with Crippen molar-refractivity contribution >= 4 is 11.9 Å². The highest BCUT2D eigenvalue weighted by atomic mass is 16.5. The minimum Gasteiger partial charge on any atom is -0.468 e. The standard InChI is InChI=1S/C15H22O4/c1-10-6-5-7-11-8-15(12(16)18-3,13(17)19-4)9-14(10,11)2/h5,7,10-11H,6,8-9H2,1-4H3/t10-,11+,14+/m0/s1. The van der Waals surface area contributed by atoms with Gasteiger partial charge in [-0.25, -0.2) is 0 Å².